The van der Waals surface area contributed by atoms with Crippen LogP contribution in [0.15, 0.2) is 47.6 Å². The molecule has 4 aromatic rings. The first kappa shape index (κ1) is 32.1. The number of anilines is 1. The molecule has 0 unspecified atom stereocenters. The number of methoxy groups -OCH3 is 1. The minimum atomic E-state index is -4.13. The molecule has 0 saturated heterocycles. The van der Waals surface area contributed by atoms with Gasteiger partial charge >= 0.3 is 0 Å². The normalized spacial score (nSPS) is 12.0. The van der Waals surface area contributed by atoms with Crippen LogP contribution in [0.2, 0.25) is 0 Å². The van der Waals surface area contributed by atoms with E-state index in [4.69, 9.17) is 14.5 Å². The predicted molar refractivity (Wildman–Crippen MR) is 164 cm³/mol. The van der Waals surface area contributed by atoms with Crippen LogP contribution in [0.1, 0.15) is 68.1 Å². The van der Waals surface area contributed by atoms with Gasteiger partial charge in [0.2, 0.25) is 5.82 Å². The molecule has 3 heterocycles. The third kappa shape index (κ3) is 7.20. The van der Waals surface area contributed by atoms with Crippen molar-refractivity contribution < 1.29 is 23.0 Å². The molecule has 12 heteroatoms. The van der Waals surface area contributed by atoms with E-state index in [-0.39, 0.29) is 28.9 Å². The van der Waals surface area contributed by atoms with E-state index in [0.29, 0.717) is 30.1 Å². The summed E-state index contributed by atoms with van der Waals surface area (Å²) in [4.78, 5) is 17.6. The second kappa shape index (κ2) is 13.2. The summed E-state index contributed by atoms with van der Waals surface area (Å²) in [6, 6.07) is 8.92. The average molecular weight is 609 g/mol. The van der Waals surface area contributed by atoms with Gasteiger partial charge in [0.25, 0.3) is 15.9 Å². The number of imidazole rings is 1. The highest BCUT2D eigenvalue weighted by molar-refractivity contribution is 7.92. The Hall–Kier alpha value is -3.87. The highest BCUT2D eigenvalue weighted by Crippen LogP contribution is 2.32. The minimum Gasteiger partial charge on any atom is -0.478 e. The van der Waals surface area contributed by atoms with E-state index in [1.165, 1.54) is 19.4 Å². The molecule has 4 rings (SSSR count). The number of pyridine rings is 1. The van der Waals surface area contributed by atoms with Crippen molar-refractivity contribution in [1.29, 1.82) is 0 Å². The molecule has 0 amide bonds. The average Bonchev–Trinajstić information content (AvgIpc) is 3.28. The van der Waals surface area contributed by atoms with Gasteiger partial charge in [0.1, 0.15) is 16.3 Å². The van der Waals surface area contributed by atoms with Gasteiger partial charge in [-0.1, -0.05) is 25.1 Å². The molecule has 0 aliphatic heterocycles. The van der Waals surface area contributed by atoms with Crippen LogP contribution in [0, 0.1) is 13.8 Å². The van der Waals surface area contributed by atoms with Gasteiger partial charge < -0.3 is 19.1 Å². The number of sulfonamides is 1. The Morgan fingerprint density at radius 2 is 1.86 bits per heavy atom. The van der Waals surface area contributed by atoms with Gasteiger partial charge in [-0.15, -0.1) is 0 Å². The molecule has 0 aliphatic carbocycles. The molecule has 0 bridgehead atoms. The molecule has 11 nitrogen and oxygen atoms in total. The van der Waals surface area contributed by atoms with Crippen molar-refractivity contribution in [3.63, 3.8) is 0 Å². The van der Waals surface area contributed by atoms with Crippen LogP contribution in [0.4, 0.5) is 5.82 Å². The molecule has 0 atom stereocenters. The zero-order valence-electron chi connectivity index (χ0n) is 25.8. The molecule has 0 saturated carbocycles. The van der Waals surface area contributed by atoms with Crippen LogP contribution in [0.3, 0.4) is 0 Å². The fourth-order valence-corrected chi connectivity index (χ4v) is 6.12. The number of rotatable bonds is 13. The van der Waals surface area contributed by atoms with E-state index in [9.17, 15) is 13.5 Å². The van der Waals surface area contributed by atoms with E-state index in [2.05, 4.69) is 31.2 Å². The molecule has 1 aromatic carbocycles. The Balaban J connectivity index is 1.77. The van der Waals surface area contributed by atoms with Crippen molar-refractivity contribution in [2.24, 2.45) is 0 Å². The number of nitrogens with zero attached hydrogens (tertiary/aromatic N) is 5. The Morgan fingerprint density at radius 1 is 1.09 bits per heavy atom. The van der Waals surface area contributed by atoms with Crippen molar-refractivity contribution >= 4 is 15.8 Å². The maximum atomic E-state index is 13.7. The molecule has 43 heavy (non-hydrogen) atoms. The molecule has 0 spiro atoms. The molecular formula is C31H40N6O5S. The fourth-order valence-electron chi connectivity index (χ4n) is 4.95. The zero-order chi connectivity index (χ0) is 31.4. The van der Waals surface area contributed by atoms with Crippen molar-refractivity contribution in [2.45, 2.75) is 78.0 Å². The van der Waals surface area contributed by atoms with Crippen molar-refractivity contribution in [3.05, 3.63) is 76.8 Å². The number of hydrogen-bond acceptors (Lipinski definition) is 9. The highest BCUT2D eigenvalue weighted by atomic mass is 32.2. The number of aromatic nitrogens is 5. The number of aryl methyl sites for hydroxylation is 2. The smallest absolute Gasteiger partial charge is 0.265 e. The largest absolute Gasteiger partial charge is 0.478 e. The molecule has 3 aromatic heterocycles. The van der Waals surface area contributed by atoms with Gasteiger partial charge in [0, 0.05) is 37.0 Å². The molecule has 230 valence electrons. The third-order valence-corrected chi connectivity index (χ3v) is 8.30. The lowest BCUT2D eigenvalue weighted by atomic mass is 10.0. The van der Waals surface area contributed by atoms with E-state index < -0.39 is 15.6 Å². The number of nitrogens with one attached hydrogen (secondary N) is 1. The van der Waals surface area contributed by atoms with Crippen molar-refractivity contribution in [1.82, 2.24) is 24.5 Å². The molecule has 2 N–H and O–H groups in total. The van der Waals surface area contributed by atoms with Gasteiger partial charge in [-0.05, 0) is 64.3 Å². The molecule has 0 radical (unpaired) electrons. The fraction of sp³-hybridized carbons (Fsp3) is 0.419. The monoisotopic (exact) mass is 608 g/mol. The first-order valence-corrected chi connectivity index (χ1v) is 15.7. The lowest BCUT2D eigenvalue weighted by molar-refractivity contribution is 0.0733. The highest BCUT2D eigenvalue weighted by Gasteiger charge is 2.27. The van der Waals surface area contributed by atoms with Gasteiger partial charge in [-0.25, -0.2) is 23.4 Å². The van der Waals surface area contributed by atoms with Gasteiger partial charge in [-0.3, -0.25) is 9.71 Å². The minimum absolute atomic E-state index is 0.0168. The van der Waals surface area contributed by atoms with E-state index in [1.54, 1.807) is 33.0 Å². The zero-order valence-corrected chi connectivity index (χ0v) is 26.6. The van der Waals surface area contributed by atoms with Gasteiger partial charge in [0.15, 0.2) is 0 Å². The van der Waals surface area contributed by atoms with E-state index >= 15 is 0 Å². The number of ether oxygens (including phenoxy) is 2. The lowest BCUT2D eigenvalue weighted by Gasteiger charge is -2.18. The maximum absolute atomic E-state index is 13.7. The summed E-state index contributed by atoms with van der Waals surface area (Å²) in [5, 5.41) is 10.7. The lowest BCUT2D eigenvalue weighted by Crippen LogP contribution is -2.18. The van der Waals surface area contributed by atoms with Crippen LogP contribution in [-0.2, 0) is 39.9 Å². The second-order valence-corrected chi connectivity index (χ2v) is 12.5. The number of benzene rings is 1. The second-order valence-electron chi connectivity index (χ2n) is 10.8. The third-order valence-electron chi connectivity index (χ3n) is 6.93. The van der Waals surface area contributed by atoms with Gasteiger partial charge in [-0.2, -0.15) is 0 Å². The van der Waals surface area contributed by atoms with Crippen LogP contribution in [-0.4, -0.2) is 51.7 Å². The maximum Gasteiger partial charge on any atom is 0.265 e. The SMILES string of the molecule is CCCc1nc(C(C)(C)O)c(C)n1Cc1ccc(-c2ncccc2S(=O)(=O)Nc2ncc(C)nc2OC)c(COCC)c1. The van der Waals surface area contributed by atoms with Crippen LogP contribution in [0.5, 0.6) is 5.88 Å². The van der Waals surface area contributed by atoms with Gasteiger partial charge in [0.05, 0.1) is 37.0 Å². The molecule has 0 aliphatic rings. The Morgan fingerprint density at radius 3 is 2.53 bits per heavy atom. The Bertz CT molecular complexity index is 1700. The van der Waals surface area contributed by atoms with Crippen molar-refractivity contribution in [2.75, 3.05) is 18.4 Å². The van der Waals surface area contributed by atoms with E-state index in [0.717, 1.165) is 35.5 Å². The Labute approximate surface area is 253 Å². The molecule has 0 fully saturated rings. The molecular weight excluding hydrogens is 568 g/mol. The van der Waals surface area contributed by atoms with Crippen LogP contribution >= 0.6 is 0 Å². The van der Waals surface area contributed by atoms with Crippen LogP contribution < -0.4 is 9.46 Å². The summed E-state index contributed by atoms with van der Waals surface area (Å²) in [6.45, 7) is 12.5. The Kier molecular flexibility index (Phi) is 9.83. The van der Waals surface area contributed by atoms with E-state index in [1.807, 2.05) is 32.0 Å². The predicted octanol–water partition coefficient (Wildman–Crippen LogP) is 4.93. The number of hydrogen-bond donors (Lipinski definition) is 2. The topological polar surface area (TPSA) is 141 Å². The van der Waals surface area contributed by atoms with Crippen LogP contribution in [0.25, 0.3) is 11.3 Å². The summed E-state index contributed by atoms with van der Waals surface area (Å²) in [6.07, 6.45) is 4.71. The first-order valence-electron chi connectivity index (χ1n) is 14.2. The summed E-state index contributed by atoms with van der Waals surface area (Å²) in [7, 11) is -2.73. The summed E-state index contributed by atoms with van der Waals surface area (Å²) >= 11 is 0. The quantitative estimate of drug-likeness (QED) is 0.216. The standard InChI is InChI=1S/C31H40N6O5S/c1-8-11-26-35-28(31(5,6)38)21(4)37(26)18-22-13-14-24(23(16-22)19-42-9-2)27-25(12-10-15-32-27)43(39,40)36-29-30(41-7)34-20(3)17-33-29/h10,12-17,38H,8-9,11,18-19H2,1-7H3,(H,33,36). The first-order chi connectivity index (χ1) is 20.4. The summed E-state index contributed by atoms with van der Waals surface area (Å²) in [5.41, 5.74) is 3.78. The number of aliphatic hydroxyl groups is 1. The summed E-state index contributed by atoms with van der Waals surface area (Å²) in [5.74, 6) is 0.962. The summed E-state index contributed by atoms with van der Waals surface area (Å²) < 4.78 is 43.0. The van der Waals surface area contributed by atoms with Crippen molar-refractivity contribution in [3.8, 4) is 17.1 Å².